The van der Waals surface area contributed by atoms with Gasteiger partial charge in [0.05, 0.1) is 0 Å². The van der Waals surface area contributed by atoms with Crippen molar-refractivity contribution in [2.75, 3.05) is 0 Å². The number of carbonyl (C=O) groups is 2. The molecule has 1 atom stereocenters. The molecule has 106 valence electrons. The average molecular weight is 363 g/mol. The van der Waals surface area contributed by atoms with E-state index in [-0.39, 0.29) is 26.9 Å². The Morgan fingerprint density at radius 3 is 1.67 bits per heavy atom. The minimum absolute atomic E-state index is 0.149. The fourth-order valence-electron chi connectivity index (χ4n) is 1.36. The van der Waals surface area contributed by atoms with Crippen molar-refractivity contribution in [3.05, 3.63) is 0 Å². The molecule has 0 aromatic carbocycles. The maximum atomic E-state index is 10.4. The Morgan fingerprint density at radius 1 is 1.06 bits per heavy atom. The summed E-state index contributed by atoms with van der Waals surface area (Å²) < 4.78 is 3.25. The van der Waals surface area contributed by atoms with Crippen LogP contribution in [0.25, 0.3) is 0 Å². The SMILES string of the molecule is CCC(C(C)=O)C(=O)O.CCC[CH2][Sn][CH2]CCC. The van der Waals surface area contributed by atoms with Gasteiger partial charge in [0, 0.05) is 0 Å². The van der Waals surface area contributed by atoms with Gasteiger partial charge in [-0.3, -0.25) is 9.59 Å². The molecule has 0 bridgehead atoms. The van der Waals surface area contributed by atoms with Gasteiger partial charge >= 0.3 is 75.5 Å². The third kappa shape index (κ3) is 14.0. The van der Waals surface area contributed by atoms with E-state index < -0.39 is 11.9 Å². The molecule has 0 amide bonds. The zero-order valence-electron chi connectivity index (χ0n) is 12.3. The summed E-state index contributed by atoms with van der Waals surface area (Å²) in [6.07, 6.45) is 6.22. The number of aliphatic carboxylic acids is 1. The fraction of sp³-hybridized carbons (Fsp3) is 0.857. The van der Waals surface area contributed by atoms with E-state index in [2.05, 4.69) is 13.8 Å². The van der Waals surface area contributed by atoms with Crippen molar-refractivity contribution in [2.45, 2.75) is 68.7 Å². The van der Waals surface area contributed by atoms with E-state index in [1.807, 2.05) is 0 Å². The van der Waals surface area contributed by atoms with Gasteiger partial charge in [-0.2, -0.15) is 0 Å². The second-order valence-electron chi connectivity index (χ2n) is 4.37. The molecule has 4 heteroatoms. The van der Waals surface area contributed by atoms with Gasteiger partial charge in [0.15, 0.2) is 0 Å². The summed E-state index contributed by atoms with van der Waals surface area (Å²) in [6, 6.07) is 0. The zero-order valence-corrected chi connectivity index (χ0v) is 15.1. The summed E-state index contributed by atoms with van der Waals surface area (Å²) in [5.74, 6) is -2.10. The number of rotatable bonds is 9. The van der Waals surface area contributed by atoms with Crippen molar-refractivity contribution in [1.29, 1.82) is 0 Å². The van der Waals surface area contributed by atoms with E-state index in [4.69, 9.17) is 5.11 Å². The van der Waals surface area contributed by atoms with Gasteiger partial charge in [0.25, 0.3) is 0 Å². The first-order valence-corrected chi connectivity index (χ1v) is 11.0. The molecule has 0 aromatic rings. The molecule has 0 aliphatic rings. The van der Waals surface area contributed by atoms with Gasteiger partial charge < -0.3 is 5.11 Å². The summed E-state index contributed by atoms with van der Waals surface area (Å²) in [5, 5.41) is 8.32. The molecule has 0 spiro atoms. The van der Waals surface area contributed by atoms with Gasteiger partial charge in [-0.25, -0.2) is 0 Å². The van der Waals surface area contributed by atoms with Gasteiger partial charge in [0.2, 0.25) is 0 Å². The third-order valence-corrected chi connectivity index (χ3v) is 6.65. The summed E-state index contributed by atoms with van der Waals surface area (Å²) in [4.78, 5) is 20.6. The Labute approximate surface area is 122 Å². The Bertz CT molecular complexity index is 197. The van der Waals surface area contributed by atoms with Gasteiger partial charge in [-0.1, -0.05) is 6.92 Å². The summed E-state index contributed by atoms with van der Waals surface area (Å²) in [5.41, 5.74) is 0. The predicted octanol–water partition coefficient (Wildman–Crippen LogP) is 3.81. The molecule has 0 rings (SSSR count). The number of carboxylic acid groups (broad SMARTS) is 1. The molecule has 1 unspecified atom stereocenters. The van der Waals surface area contributed by atoms with E-state index in [1.54, 1.807) is 15.8 Å². The van der Waals surface area contributed by atoms with Crippen LogP contribution in [0.4, 0.5) is 0 Å². The van der Waals surface area contributed by atoms with Crippen LogP contribution in [0.3, 0.4) is 0 Å². The van der Waals surface area contributed by atoms with Crippen LogP contribution in [-0.2, 0) is 9.59 Å². The maximum absolute atomic E-state index is 10.4. The first kappa shape index (κ1) is 20.3. The number of Topliss-reactive ketones (excluding diaryl/α,β-unsaturated/α-hetero) is 1. The second-order valence-corrected chi connectivity index (χ2v) is 8.65. The molecule has 18 heavy (non-hydrogen) atoms. The van der Waals surface area contributed by atoms with Crippen molar-refractivity contribution in [3.8, 4) is 0 Å². The molecular weight excluding hydrogens is 335 g/mol. The van der Waals surface area contributed by atoms with Crippen LogP contribution in [0.15, 0.2) is 0 Å². The monoisotopic (exact) mass is 364 g/mol. The van der Waals surface area contributed by atoms with Gasteiger partial charge in [0.1, 0.15) is 11.7 Å². The summed E-state index contributed by atoms with van der Waals surface area (Å²) in [7, 11) is 0. The zero-order chi connectivity index (χ0) is 14.4. The van der Waals surface area contributed by atoms with Gasteiger partial charge in [-0.05, 0) is 13.3 Å². The van der Waals surface area contributed by atoms with Crippen LogP contribution in [0.2, 0.25) is 8.87 Å². The molecule has 0 saturated carbocycles. The van der Waals surface area contributed by atoms with Gasteiger partial charge in [-0.15, -0.1) is 0 Å². The molecule has 0 saturated heterocycles. The van der Waals surface area contributed by atoms with Crippen LogP contribution < -0.4 is 0 Å². The summed E-state index contributed by atoms with van der Waals surface area (Å²) >= 11 is 0.149. The number of ketones is 1. The minimum atomic E-state index is -1.02. The second kappa shape index (κ2) is 15.0. The third-order valence-electron chi connectivity index (χ3n) is 2.61. The van der Waals surface area contributed by atoms with Crippen molar-refractivity contribution in [1.82, 2.24) is 0 Å². The summed E-state index contributed by atoms with van der Waals surface area (Å²) in [6.45, 7) is 7.56. The van der Waals surface area contributed by atoms with Crippen molar-refractivity contribution >= 4 is 32.9 Å². The van der Waals surface area contributed by atoms with Crippen LogP contribution in [0, 0.1) is 5.92 Å². The van der Waals surface area contributed by atoms with Crippen molar-refractivity contribution in [3.63, 3.8) is 0 Å². The van der Waals surface area contributed by atoms with Crippen LogP contribution in [0.1, 0.15) is 59.8 Å². The van der Waals surface area contributed by atoms with E-state index in [9.17, 15) is 9.59 Å². The Balaban J connectivity index is 0. The standard InChI is InChI=1S/C6H10O3.2C4H9.Sn/c1-3-5(4(2)7)6(8)9;2*1-3-4-2;/h5H,3H2,1-2H3,(H,8,9);2*1,3-4H2,2H3;. The topological polar surface area (TPSA) is 54.4 Å². The first-order chi connectivity index (χ1) is 8.51. The number of hydrogen-bond acceptors (Lipinski definition) is 2. The van der Waals surface area contributed by atoms with E-state index in [0.717, 1.165) is 0 Å². The number of hydrogen-bond donors (Lipinski definition) is 1. The molecule has 0 fully saturated rings. The fourth-order valence-corrected chi connectivity index (χ4v) is 5.52. The molecule has 1 N–H and O–H groups in total. The molecule has 0 aromatic heterocycles. The first-order valence-electron chi connectivity index (χ1n) is 6.95. The molecular formula is C14H28O3Sn. The Kier molecular flexibility index (Phi) is 16.9. The van der Waals surface area contributed by atoms with Crippen molar-refractivity contribution in [2.24, 2.45) is 5.92 Å². The van der Waals surface area contributed by atoms with E-state index in [1.165, 1.54) is 32.6 Å². The predicted molar refractivity (Wildman–Crippen MR) is 77.3 cm³/mol. The molecule has 0 heterocycles. The number of carboxylic acids is 1. The van der Waals surface area contributed by atoms with Crippen LogP contribution >= 0.6 is 0 Å². The van der Waals surface area contributed by atoms with Crippen LogP contribution in [0.5, 0.6) is 0 Å². The normalized spacial score (nSPS) is 11.3. The van der Waals surface area contributed by atoms with E-state index >= 15 is 0 Å². The van der Waals surface area contributed by atoms with E-state index in [0.29, 0.717) is 6.42 Å². The number of carbonyl (C=O) groups excluding carboxylic acids is 1. The Hall–Kier alpha value is -0.0613. The molecule has 0 aliphatic heterocycles. The van der Waals surface area contributed by atoms with Crippen molar-refractivity contribution < 1.29 is 14.7 Å². The molecule has 0 aliphatic carbocycles. The quantitative estimate of drug-likeness (QED) is 0.385. The Morgan fingerprint density at radius 2 is 1.50 bits per heavy atom. The van der Waals surface area contributed by atoms with Crippen LogP contribution in [-0.4, -0.2) is 38.0 Å². The average Bonchev–Trinajstić information content (AvgIpc) is 2.29. The molecule has 3 nitrogen and oxygen atoms in total. The molecule has 2 radical (unpaired) electrons. The number of unbranched alkanes of at least 4 members (excludes halogenated alkanes) is 2.